The Morgan fingerprint density at radius 2 is 1.76 bits per heavy atom. The second-order valence-electron chi connectivity index (χ2n) is 6.36. The lowest BCUT2D eigenvalue weighted by atomic mass is 10.2. The zero-order valence-electron chi connectivity index (χ0n) is 14.8. The number of hydrogen-bond acceptors (Lipinski definition) is 3. The lowest BCUT2D eigenvalue weighted by Gasteiger charge is -2.27. The number of amides is 2. The van der Waals surface area contributed by atoms with Gasteiger partial charge in [0.05, 0.1) is 23.1 Å². The molecule has 1 aromatic heterocycles. The SMILES string of the molecule is CC(C)=CC(=O)N1CCCN1C(=O)c1cnn(-c2ccccc2)c1C. The van der Waals surface area contributed by atoms with Crippen molar-refractivity contribution < 1.29 is 9.59 Å². The maximum absolute atomic E-state index is 13.0. The molecule has 0 unspecified atom stereocenters. The highest BCUT2D eigenvalue weighted by Gasteiger charge is 2.32. The van der Waals surface area contributed by atoms with Crippen LogP contribution < -0.4 is 0 Å². The number of hydrazine groups is 1. The van der Waals surface area contributed by atoms with E-state index in [0.717, 1.165) is 23.4 Å². The highest BCUT2D eigenvalue weighted by molar-refractivity contribution is 5.98. The lowest BCUT2D eigenvalue weighted by molar-refractivity contribution is -0.135. The second kappa shape index (κ2) is 6.93. The Labute approximate surface area is 147 Å². The molecule has 6 nitrogen and oxygen atoms in total. The second-order valence-corrected chi connectivity index (χ2v) is 6.36. The Bertz CT molecular complexity index is 819. The van der Waals surface area contributed by atoms with Gasteiger partial charge in [-0.05, 0) is 39.3 Å². The molecule has 0 N–H and O–H groups in total. The van der Waals surface area contributed by atoms with E-state index in [9.17, 15) is 9.59 Å². The van der Waals surface area contributed by atoms with Crippen LogP contribution in [-0.2, 0) is 4.79 Å². The van der Waals surface area contributed by atoms with Crippen LogP contribution in [-0.4, -0.2) is 44.7 Å². The largest absolute Gasteiger partial charge is 0.275 e. The number of nitrogens with zero attached hydrogens (tertiary/aromatic N) is 4. The third kappa shape index (κ3) is 3.33. The molecule has 2 aromatic rings. The minimum atomic E-state index is -0.187. The van der Waals surface area contributed by atoms with Gasteiger partial charge < -0.3 is 0 Å². The number of hydrogen-bond donors (Lipinski definition) is 0. The normalized spacial score (nSPS) is 13.9. The van der Waals surface area contributed by atoms with E-state index in [1.165, 1.54) is 10.0 Å². The van der Waals surface area contributed by atoms with Gasteiger partial charge in [0.15, 0.2) is 0 Å². The molecule has 0 aliphatic carbocycles. The number of carbonyl (C=O) groups is 2. The minimum absolute atomic E-state index is 0.154. The molecule has 0 bridgehead atoms. The topological polar surface area (TPSA) is 58.4 Å². The van der Waals surface area contributed by atoms with Crippen LogP contribution in [0, 0.1) is 6.92 Å². The third-order valence-corrected chi connectivity index (χ3v) is 4.17. The van der Waals surface area contributed by atoms with Crippen molar-refractivity contribution in [1.82, 2.24) is 19.8 Å². The van der Waals surface area contributed by atoms with E-state index in [1.54, 1.807) is 17.0 Å². The Kier molecular flexibility index (Phi) is 4.70. The molecule has 2 amide bonds. The molecule has 0 spiro atoms. The average Bonchev–Trinajstić information content (AvgIpc) is 3.21. The van der Waals surface area contributed by atoms with Crippen LogP contribution in [0.2, 0.25) is 0 Å². The molecule has 0 atom stereocenters. The smallest absolute Gasteiger partial charge is 0.268 e. The fourth-order valence-electron chi connectivity index (χ4n) is 2.96. The predicted octanol–water partition coefficient (Wildman–Crippen LogP) is 2.74. The highest BCUT2D eigenvalue weighted by Crippen LogP contribution is 2.20. The van der Waals surface area contributed by atoms with Gasteiger partial charge in [-0.25, -0.2) is 14.7 Å². The summed E-state index contributed by atoms with van der Waals surface area (Å²) in [6.07, 6.45) is 3.92. The van der Waals surface area contributed by atoms with E-state index in [2.05, 4.69) is 5.10 Å². The van der Waals surface area contributed by atoms with Crippen molar-refractivity contribution in [3.63, 3.8) is 0 Å². The van der Waals surface area contributed by atoms with Gasteiger partial charge in [0.1, 0.15) is 0 Å². The number of allylic oxidation sites excluding steroid dienone is 1. The summed E-state index contributed by atoms with van der Waals surface area (Å²) in [6.45, 7) is 6.70. The van der Waals surface area contributed by atoms with E-state index in [0.29, 0.717) is 18.7 Å². The van der Waals surface area contributed by atoms with Crippen molar-refractivity contribution in [1.29, 1.82) is 0 Å². The van der Waals surface area contributed by atoms with Crippen molar-refractivity contribution in [3.8, 4) is 5.69 Å². The quantitative estimate of drug-likeness (QED) is 0.809. The van der Waals surface area contributed by atoms with Crippen LogP contribution >= 0.6 is 0 Å². The number of para-hydroxylation sites is 1. The van der Waals surface area contributed by atoms with E-state index >= 15 is 0 Å². The first-order valence-corrected chi connectivity index (χ1v) is 8.37. The molecular formula is C19H22N4O2. The summed E-state index contributed by atoms with van der Waals surface area (Å²) >= 11 is 0. The minimum Gasteiger partial charge on any atom is -0.268 e. The van der Waals surface area contributed by atoms with Crippen LogP contribution in [0.25, 0.3) is 5.69 Å². The molecule has 130 valence electrons. The summed E-state index contributed by atoms with van der Waals surface area (Å²) in [4.78, 5) is 25.3. The first-order chi connectivity index (χ1) is 12.0. The predicted molar refractivity (Wildman–Crippen MR) is 95.1 cm³/mol. The fraction of sp³-hybridized carbons (Fsp3) is 0.316. The number of carbonyl (C=O) groups excluding carboxylic acids is 2. The average molecular weight is 338 g/mol. The van der Waals surface area contributed by atoms with Crippen molar-refractivity contribution in [2.75, 3.05) is 13.1 Å². The summed E-state index contributed by atoms with van der Waals surface area (Å²) in [7, 11) is 0. The van der Waals surface area contributed by atoms with E-state index in [1.807, 2.05) is 51.1 Å². The van der Waals surface area contributed by atoms with E-state index in [4.69, 9.17) is 0 Å². The first kappa shape index (κ1) is 17.0. The molecule has 1 saturated heterocycles. The molecule has 1 aliphatic heterocycles. The van der Waals surface area contributed by atoms with Gasteiger partial charge in [-0.2, -0.15) is 5.10 Å². The number of rotatable bonds is 3. The van der Waals surface area contributed by atoms with Crippen LogP contribution in [0.5, 0.6) is 0 Å². The maximum atomic E-state index is 13.0. The summed E-state index contributed by atoms with van der Waals surface area (Å²) in [5.41, 5.74) is 3.09. The maximum Gasteiger partial charge on any atom is 0.275 e. The molecule has 0 radical (unpaired) electrons. The molecule has 0 saturated carbocycles. The summed E-state index contributed by atoms with van der Waals surface area (Å²) in [6, 6.07) is 9.67. The van der Waals surface area contributed by atoms with Gasteiger partial charge in [0.25, 0.3) is 11.8 Å². The molecule has 1 aromatic carbocycles. The lowest BCUT2D eigenvalue weighted by Crippen LogP contribution is -2.44. The Hall–Kier alpha value is -2.89. The van der Waals surface area contributed by atoms with Crippen LogP contribution in [0.4, 0.5) is 0 Å². The summed E-state index contributed by atoms with van der Waals surface area (Å²) < 4.78 is 1.74. The molecule has 6 heteroatoms. The van der Waals surface area contributed by atoms with Gasteiger partial charge in [0, 0.05) is 19.2 Å². The molecule has 1 fully saturated rings. The van der Waals surface area contributed by atoms with Gasteiger partial charge in [-0.1, -0.05) is 23.8 Å². The van der Waals surface area contributed by atoms with Crippen molar-refractivity contribution in [2.45, 2.75) is 27.2 Å². The fourth-order valence-corrected chi connectivity index (χ4v) is 2.96. The molecular weight excluding hydrogens is 316 g/mol. The third-order valence-electron chi connectivity index (χ3n) is 4.17. The molecule has 25 heavy (non-hydrogen) atoms. The van der Waals surface area contributed by atoms with Crippen molar-refractivity contribution in [3.05, 3.63) is 59.4 Å². The highest BCUT2D eigenvalue weighted by atomic mass is 16.2. The number of aromatic nitrogens is 2. The monoisotopic (exact) mass is 338 g/mol. The van der Waals surface area contributed by atoms with Crippen molar-refractivity contribution >= 4 is 11.8 Å². The Balaban J connectivity index is 1.87. The summed E-state index contributed by atoms with van der Waals surface area (Å²) in [5, 5.41) is 7.40. The molecule has 3 rings (SSSR count). The summed E-state index contributed by atoms with van der Waals surface area (Å²) in [5.74, 6) is -0.341. The van der Waals surface area contributed by atoms with Gasteiger partial charge in [0.2, 0.25) is 0 Å². The zero-order valence-corrected chi connectivity index (χ0v) is 14.8. The number of benzene rings is 1. The van der Waals surface area contributed by atoms with Crippen LogP contribution in [0.1, 0.15) is 36.3 Å². The van der Waals surface area contributed by atoms with Crippen LogP contribution in [0.3, 0.4) is 0 Å². The van der Waals surface area contributed by atoms with Crippen molar-refractivity contribution in [2.24, 2.45) is 0 Å². The first-order valence-electron chi connectivity index (χ1n) is 8.37. The molecule has 2 heterocycles. The van der Waals surface area contributed by atoms with E-state index in [-0.39, 0.29) is 11.8 Å². The van der Waals surface area contributed by atoms with Gasteiger partial charge in [-0.3, -0.25) is 9.59 Å². The Morgan fingerprint density at radius 1 is 1.08 bits per heavy atom. The Morgan fingerprint density at radius 3 is 2.44 bits per heavy atom. The van der Waals surface area contributed by atoms with Gasteiger partial charge >= 0.3 is 0 Å². The standard InChI is InChI=1S/C19H22N4O2/c1-14(2)12-18(24)21-10-7-11-22(21)19(25)17-13-20-23(15(17)3)16-8-5-4-6-9-16/h4-6,8-9,12-13H,7,10-11H2,1-3H3. The molecule has 1 aliphatic rings. The van der Waals surface area contributed by atoms with E-state index < -0.39 is 0 Å². The van der Waals surface area contributed by atoms with Gasteiger partial charge in [-0.15, -0.1) is 0 Å². The van der Waals surface area contributed by atoms with Crippen LogP contribution in [0.15, 0.2) is 48.2 Å². The zero-order chi connectivity index (χ0) is 18.0.